The Hall–Kier alpha value is -2.37. The third-order valence-corrected chi connectivity index (χ3v) is 5.31. The number of carbonyl (C=O) groups excluding carboxylic acids is 2. The minimum absolute atomic E-state index is 0.0227. The summed E-state index contributed by atoms with van der Waals surface area (Å²) in [6.45, 7) is 4.16. The van der Waals surface area contributed by atoms with Crippen molar-refractivity contribution in [2.24, 2.45) is 0 Å². The van der Waals surface area contributed by atoms with Crippen LogP contribution in [0.15, 0.2) is 18.2 Å². The van der Waals surface area contributed by atoms with E-state index in [2.05, 4.69) is 24.0 Å². The number of aromatic amines is 1. The van der Waals surface area contributed by atoms with Crippen LogP contribution in [-0.4, -0.2) is 51.2 Å². The summed E-state index contributed by atoms with van der Waals surface area (Å²) in [5, 5.41) is 0. The van der Waals surface area contributed by atoms with Crippen molar-refractivity contribution in [1.82, 2.24) is 19.8 Å². The topological polar surface area (TPSA) is 69.3 Å². The minimum atomic E-state index is 0.0227. The van der Waals surface area contributed by atoms with Gasteiger partial charge in [0.2, 0.25) is 11.8 Å². The number of carbonyl (C=O) groups is 2. The van der Waals surface area contributed by atoms with Gasteiger partial charge in [0, 0.05) is 32.5 Å². The lowest BCUT2D eigenvalue weighted by Crippen LogP contribution is -2.35. The summed E-state index contributed by atoms with van der Waals surface area (Å²) in [5.41, 5.74) is 3.16. The molecule has 4 rings (SSSR count). The Morgan fingerprint density at radius 1 is 1.32 bits per heavy atom. The zero-order valence-corrected chi connectivity index (χ0v) is 14.6. The molecular formula is C19H24N4O2. The van der Waals surface area contributed by atoms with Gasteiger partial charge < -0.3 is 14.8 Å². The first-order valence-electron chi connectivity index (χ1n) is 9.15. The highest BCUT2D eigenvalue weighted by atomic mass is 16.2. The first kappa shape index (κ1) is 16.1. The molecule has 0 bridgehead atoms. The van der Waals surface area contributed by atoms with Crippen molar-refractivity contribution in [3.63, 3.8) is 0 Å². The zero-order chi connectivity index (χ0) is 17.4. The molecule has 0 saturated carbocycles. The fraction of sp³-hybridized carbons (Fsp3) is 0.526. The van der Waals surface area contributed by atoms with Crippen molar-refractivity contribution >= 4 is 22.8 Å². The van der Waals surface area contributed by atoms with Crippen LogP contribution < -0.4 is 0 Å². The summed E-state index contributed by atoms with van der Waals surface area (Å²) in [6, 6.07) is 6.18. The molecule has 2 aliphatic heterocycles. The second-order valence-electron chi connectivity index (χ2n) is 7.12. The van der Waals surface area contributed by atoms with Crippen LogP contribution >= 0.6 is 0 Å². The molecule has 3 heterocycles. The molecule has 6 nitrogen and oxygen atoms in total. The largest absolute Gasteiger partial charge is 0.342 e. The molecule has 2 fully saturated rings. The van der Waals surface area contributed by atoms with E-state index in [1.165, 1.54) is 5.56 Å². The van der Waals surface area contributed by atoms with Gasteiger partial charge in [0.25, 0.3) is 0 Å². The van der Waals surface area contributed by atoms with Crippen LogP contribution in [0.5, 0.6) is 0 Å². The smallest absolute Gasteiger partial charge is 0.224 e. The van der Waals surface area contributed by atoms with Gasteiger partial charge in [0.15, 0.2) is 0 Å². The van der Waals surface area contributed by atoms with E-state index in [0.29, 0.717) is 19.4 Å². The molecule has 2 aromatic rings. The van der Waals surface area contributed by atoms with Gasteiger partial charge >= 0.3 is 0 Å². The Morgan fingerprint density at radius 2 is 2.20 bits per heavy atom. The predicted octanol–water partition coefficient (Wildman–Crippen LogP) is 2.55. The number of aromatic nitrogens is 2. The van der Waals surface area contributed by atoms with Crippen LogP contribution in [0.4, 0.5) is 0 Å². The van der Waals surface area contributed by atoms with Gasteiger partial charge in [0.05, 0.1) is 17.1 Å². The Balaban J connectivity index is 1.47. The number of likely N-dealkylation sites (tertiary alicyclic amines) is 2. The highest BCUT2D eigenvalue weighted by molar-refractivity contribution is 5.81. The number of imidazole rings is 1. The number of aryl methyl sites for hydroxylation is 1. The fourth-order valence-corrected chi connectivity index (χ4v) is 3.97. The SMILES string of the molecule is Cc1ccc2nc(C3CCCN3C(=O)CCN3CCCC3=O)[nH]c2c1. The van der Waals surface area contributed by atoms with Crippen LogP contribution in [0.2, 0.25) is 0 Å². The average Bonchev–Trinajstić information content (AvgIpc) is 3.30. The lowest BCUT2D eigenvalue weighted by Gasteiger charge is -2.24. The zero-order valence-electron chi connectivity index (χ0n) is 14.6. The minimum Gasteiger partial charge on any atom is -0.342 e. The second-order valence-corrected chi connectivity index (χ2v) is 7.12. The van der Waals surface area contributed by atoms with E-state index in [0.717, 1.165) is 49.2 Å². The van der Waals surface area contributed by atoms with Crippen molar-refractivity contribution in [2.45, 2.75) is 45.1 Å². The molecule has 6 heteroatoms. The number of nitrogens with zero attached hydrogens (tertiary/aromatic N) is 3. The normalized spacial score (nSPS) is 20.8. The molecule has 2 amide bonds. The number of benzene rings is 1. The first-order chi connectivity index (χ1) is 12.1. The van der Waals surface area contributed by atoms with Crippen LogP contribution in [0.25, 0.3) is 11.0 Å². The Kier molecular flexibility index (Phi) is 4.19. The number of hydrogen-bond acceptors (Lipinski definition) is 3. The number of H-pyrrole nitrogens is 1. The quantitative estimate of drug-likeness (QED) is 0.930. The van der Waals surface area contributed by atoms with E-state index in [1.807, 2.05) is 15.9 Å². The lowest BCUT2D eigenvalue weighted by molar-refractivity contribution is -0.133. The average molecular weight is 340 g/mol. The van der Waals surface area contributed by atoms with Gasteiger partial charge in [-0.1, -0.05) is 6.07 Å². The monoisotopic (exact) mass is 340 g/mol. The highest BCUT2D eigenvalue weighted by Gasteiger charge is 2.32. The standard InChI is InChI=1S/C19H24N4O2/c1-13-6-7-14-15(12-13)21-19(20-14)16-4-2-10-23(16)18(25)8-11-22-9-3-5-17(22)24/h6-7,12,16H,2-5,8-11H2,1H3,(H,20,21). The molecular weight excluding hydrogens is 316 g/mol. The molecule has 1 aromatic heterocycles. The van der Waals surface area contributed by atoms with Crippen molar-refractivity contribution in [2.75, 3.05) is 19.6 Å². The molecule has 25 heavy (non-hydrogen) atoms. The maximum absolute atomic E-state index is 12.7. The summed E-state index contributed by atoms with van der Waals surface area (Å²) < 4.78 is 0. The van der Waals surface area contributed by atoms with Gasteiger partial charge in [-0.2, -0.15) is 0 Å². The molecule has 1 aromatic carbocycles. The summed E-state index contributed by atoms with van der Waals surface area (Å²) in [5.74, 6) is 1.18. The number of nitrogens with one attached hydrogen (secondary N) is 1. The van der Waals surface area contributed by atoms with Crippen LogP contribution in [0.1, 0.15) is 49.5 Å². The van der Waals surface area contributed by atoms with Crippen molar-refractivity contribution in [3.8, 4) is 0 Å². The molecule has 0 radical (unpaired) electrons. The maximum Gasteiger partial charge on any atom is 0.224 e. The van der Waals surface area contributed by atoms with Gasteiger partial charge in [-0.15, -0.1) is 0 Å². The molecule has 1 unspecified atom stereocenters. The number of fused-ring (bicyclic) bond motifs is 1. The Labute approximate surface area is 147 Å². The van der Waals surface area contributed by atoms with Crippen molar-refractivity contribution in [1.29, 1.82) is 0 Å². The van der Waals surface area contributed by atoms with Gasteiger partial charge in [-0.05, 0) is 43.9 Å². The third kappa shape index (κ3) is 3.13. The van der Waals surface area contributed by atoms with E-state index >= 15 is 0 Å². The molecule has 0 aliphatic carbocycles. The van der Waals surface area contributed by atoms with Crippen molar-refractivity contribution in [3.05, 3.63) is 29.6 Å². The summed E-state index contributed by atoms with van der Waals surface area (Å²) in [4.78, 5) is 36.3. The van der Waals surface area contributed by atoms with E-state index in [9.17, 15) is 9.59 Å². The van der Waals surface area contributed by atoms with E-state index in [-0.39, 0.29) is 17.9 Å². The van der Waals surface area contributed by atoms with Gasteiger partial charge in [-0.3, -0.25) is 9.59 Å². The van der Waals surface area contributed by atoms with E-state index in [1.54, 1.807) is 0 Å². The summed E-state index contributed by atoms with van der Waals surface area (Å²) in [6.07, 6.45) is 3.88. The second kappa shape index (κ2) is 6.50. The van der Waals surface area contributed by atoms with E-state index < -0.39 is 0 Å². The van der Waals surface area contributed by atoms with Crippen LogP contribution in [0.3, 0.4) is 0 Å². The van der Waals surface area contributed by atoms with Crippen LogP contribution in [0, 0.1) is 6.92 Å². The molecule has 2 saturated heterocycles. The maximum atomic E-state index is 12.7. The Bertz CT molecular complexity index is 813. The van der Waals surface area contributed by atoms with E-state index in [4.69, 9.17) is 4.98 Å². The van der Waals surface area contributed by atoms with Gasteiger partial charge in [0.1, 0.15) is 5.82 Å². The highest BCUT2D eigenvalue weighted by Crippen LogP contribution is 2.32. The predicted molar refractivity (Wildman–Crippen MR) is 94.9 cm³/mol. The number of amides is 2. The molecule has 132 valence electrons. The molecule has 2 aliphatic rings. The molecule has 0 spiro atoms. The van der Waals surface area contributed by atoms with Crippen LogP contribution in [-0.2, 0) is 9.59 Å². The van der Waals surface area contributed by atoms with Crippen molar-refractivity contribution < 1.29 is 9.59 Å². The molecule has 1 atom stereocenters. The number of rotatable bonds is 4. The first-order valence-corrected chi connectivity index (χ1v) is 9.15. The fourth-order valence-electron chi connectivity index (χ4n) is 3.97. The summed E-state index contributed by atoms with van der Waals surface area (Å²) in [7, 11) is 0. The molecule has 1 N–H and O–H groups in total. The summed E-state index contributed by atoms with van der Waals surface area (Å²) >= 11 is 0. The Morgan fingerprint density at radius 3 is 3.00 bits per heavy atom. The lowest BCUT2D eigenvalue weighted by atomic mass is 10.2. The van der Waals surface area contributed by atoms with Gasteiger partial charge in [-0.25, -0.2) is 4.98 Å². The number of hydrogen-bond donors (Lipinski definition) is 1. The third-order valence-electron chi connectivity index (χ3n) is 5.31.